The molecular formula is C25H19N5O2. The third-order valence-electron chi connectivity index (χ3n) is 5.51. The average molecular weight is 421 g/mol. The van der Waals surface area contributed by atoms with Gasteiger partial charge in [-0.15, -0.1) is 0 Å². The molecule has 5 rings (SSSR count). The highest BCUT2D eigenvalue weighted by atomic mass is 16.5. The lowest BCUT2D eigenvalue weighted by Crippen LogP contribution is -2.20. The number of benzene rings is 2. The second-order valence-corrected chi connectivity index (χ2v) is 7.42. The van der Waals surface area contributed by atoms with Gasteiger partial charge in [0.1, 0.15) is 22.9 Å². The molecule has 0 saturated heterocycles. The molecule has 0 aliphatic carbocycles. The minimum atomic E-state index is -0.465. The standard InChI is InChI=1S/C25H19N5O2/c1-15(25-29-20-5-3-4-6-21(20)32-25)22-16(2)31-24(27)19(13-26)23(22)17-7-9-18(10-8-17)30-12-11-28-14-30/h3-12,14,23H,1,27H2,2H3. The Balaban J connectivity index is 1.60. The highest BCUT2D eigenvalue weighted by molar-refractivity contribution is 5.82. The number of hydrogen-bond donors (Lipinski definition) is 1. The third kappa shape index (κ3) is 3.15. The molecule has 0 radical (unpaired) electrons. The maximum absolute atomic E-state index is 9.90. The van der Waals surface area contributed by atoms with Gasteiger partial charge in [0.2, 0.25) is 11.8 Å². The Kier molecular flexibility index (Phi) is 4.61. The maximum atomic E-state index is 9.90. The van der Waals surface area contributed by atoms with Gasteiger partial charge in [-0.25, -0.2) is 9.97 Å². The molecule has 3 heterocycles. The molecule has 2 aromatic carbocycles. The minimum absolute atomic E-state index is 0.0859. The van der Waals surface area contributed by atoms with E-state index in [9.17, 15) is 5.26 Å². The number of imidazole rings is 1. The van der Waals surface area contributed by atoms with Gasteiger partial charge in [0.15, 0.2) is 5.58 Å². The van der Waals surface area contributed by atoms with Crippen molar-refractivity contribution in [3.05, 3.63) is 108 Å². The predicted octanol–water partition coefficient (Wildman–Crippen LogP) is 4.81. The Bertz CT molecular complexity index is 1400. The number of nitriles is 1. The van der Waals surface area contributed by atoms with Crippen LogP contribution in [0.4, 0.5) is 0 Å². The van der Waals surface area contributed by atoms with Gasteiger partial charge >= 0.3 is 0 Å². The minimum Gasteiger partial charge on any atom is -0.445 e. The largest absolute Gasteiger partial charge is 0.445 e. The lowest BCUT2D eigenvalue weighted by molar-refractivity contribution is 0.283. The molecule has 1 aliphatic heterocycles. The van der Waals surface area contributed by atoms with Crippen molar-refractivity contribution in [3.63, 3.8) is 0 Å². The lowest BCUT2D eigenvalue weighted by atomic mass is 9.80. The van der Waals surface area contributed by atoms with Crippen molar-refractivity contribution in [2.24, 2.45) is 5.73 Å². The molecule has 0 saturated carbocycles. The van der Waals surface area contributed by atoms with E-state index in [1.165, 1.54) is 0 Å². The van der Waals surface area contributed by atoms with Crippen molar-refractivity contribution in [1.82, 2.24) is 14.5 Å². The number of ether oxygens (including phenoxy) is 1. The highest BCUT2D eigenvalue weighted by Crippen LogP contribution is 2.44. The number of nitrogens with two attached hydrogens (primary N) is 1. The zero-order valence-electron chi connectivity index (χ0n) is 17.3. The summed E-state index contributed by atoms with van der Waals surface area (Å²) in [4.78, 5) is 8.66. The van der Waals surface area contributed by atoms with E-state index in [1.54, 1.807) is 19.4 Å². The molecule has 1 aliphatic rings. The SMILES string of the molecule is C=C(C1=C(C)OC(N)=C(C#N)C1c1ccc(-n2ccnc2)cc1)c1nc2ccccc2o1. The average Bonchev–Trinajstić information content (AvgIpc) is 3.48. The van der Waals surface area contributed by atoms with Crippen LogP contribution in [-0.4, -0.2) is 14.5 Å². The fraction of sp³-hybridized carbons (Fsp3) is 0.0800. The number of oxazole rings is 1. The smallest absolute Gasteiger partial charge is 0.227 e. The summed E-state index contributed by atoms with van der Waals surface area (Å²) in [6, 6.07) is 17.6. The van der Waals surface area contributed by atoms with Crippen molar-refractivity contribution in [1.29, 1.82) is 5.26 Å². The number of para-hydroxylation sites is 2. The Morgan fingerprint density at radius 1 is 1.19 bits per heavy atom. The van der Waals surface area contributed by atoms with Crippen LogP contribution in [0.15, 0.2) is 101 Å². The number of rotatable bonds is 4. The van der Waals surface area contributed by atoms with Crippen molar-refractivity contribution in [2.45, 2.75) is 12.8 Å². The summed E-state index contributed by atoms with van der Waals surface area (Å²) in [6.45, 7) is 6.05. The molecular weight excluding hydrogens is 402 g/mol. The van der Waals surface area contributed by atoms with Crippen molar-refractivity contribution >= 4 is 16.7 Å². The predicted molar refractivity (Wildman–Crippen MR) is 120 cm³/mol. The fourth-order valence-electron chi connectivity index (χ4n) is 3.97. The normalized spacial score (nSPS) is 16.2. The molecule has 0 amide bonds. The summed E-state index contributed by atoms with van der Waals surface area (Å²) in [5, 5.41) is 9.90. The van der Waals surface area contributed by atoms with E-state index < -0.39 is 5.92 Å². The van der Waals surface area contributed by atoms with Gasteiger partial charge in [0, 0.05) is 29.2 Å². The first-order valence-electron chi connectivity index (χ1n) is 9.98. The Hall–Kier alpha value is -4.57. The van der Waals surface area contributed by atoms with Crippen LogP contribution >= 0.6 is 0 Å². The van der Waals surface area contributed by atoms with Crippen molar-refractivity contribution in [3.8, 4) is 11.8 Å². The van der Waals surface area contributed by atoms with Crippen LogP contribution in [-0.2, 0) is 4.74 Å². The van der Waals surface area contributed by atoms with Crippen LogP contribution in [0.2, 0.25) is 0 Å². The summed E-state index contributed by atoms with van der Waals surface area (Å²) >= 11 is 0. The molecule has 2 N–H and O–H groups in total. The van der Waals surface area contributed by atoms with E-state index in [0.29, 0.717) is 34.0 Å². The summed E-state index contributed by atoms with van der Waals surface area (Å²) in [7, 11) is 0. The molecule has 2 aromatic heterocycles. The van der Waals surface area contributed by atoms with Gasteiger partial charge < -0.3 is 19.5 Å². The van der Waals surface area contributed by atoms with Crippen LogP contribution in [0.1, 0.15) is 24.3 Å². The number of aromatic nitrogens is 3. The second-order valence-electron chi connectivity index (χ2n) is 7.42. The summed E-state index contributed by atoms with van der Waals surface area (Å²) < 4.78 is 13.6. The molecule has 1 unspecified atom stereocenters. The Morgan fingerprint density at radius 2 is 1.97 bits per heavy atom. The first-order valence-corrected chi connectivity index (χ1v) is 9.98. The zero-order chi connectivity index (χ0) is 22.2. The number of allylic oxidation sites excluding steroid dienone is 4. The molecule has 0 bridgehead atoms. The third-order valence-corrected chi connectivity index (χ3v) is 5.51. The van der Waals surface area contributed by atoms with Gasteiger partial charge in [0.25, 0.3) is 0 Å². The topological polar surface area (TPSA) is 103 Å². The van der Waals surface area contributed by atoms with Crippen LogP contribution in [0.25, 0.3) is 22.4 Å². The first-order chi connectivity index (χ1) is 15.6. The van der Waals surface area contributed by atoms with E-state index in [1.807, 2.05) is 59.3 Å². The summed E-state index contributed by atoms with van der Waals surface area (Å²) in [6.07, 6.45) is 5.32. The highest BCUT2D eigenvalue weighted by Gasteiger charge is 2.34. The van der Waals surface area contributed by atoms with Gasteiger partial charge in [-0.2, -0.15) is 5.26 Å². The fourth-order valence-corrected chi connectivity index (χ4v) is 3.97. The summed E-state index contributed by atoms with van der Waals surface area (Å²) in [5.74, 6) is 0.551. The van der Waals surface area contributed by atoms with E-state index in [0.717, 1.165) is 16.8 Å². The quantitative estimate of drug-likeness (QED) is 0.507. The monoisotopic (exact) mass is 421 g/mol. The van der Waals surface area contributed by atoms with Crippen LogP contribution in [0, 0.1) is 11.3 Å². The zero-order valence-corrected chi connectivity index (χ0v) is 17.3. The van der Waals surface area contributed by atoms with E-state index in [4.69, 9.17) is 14.9 Å². The van der Waals surface area contributed by atoms with Gasteiger partial charge in [0.05, 0.1) is 12.2 Å². The van der Waals surface area contributed by atoms with E-state index in [-0.39, 0.29) is 5.88 Å². The molecule has 0 fully saturated rings. The van der Waals surface area contributed by atoms with Crippen LogP contribution in [0.3, 0.4) is 0 Å². The molecule has 7 heteroatoms. The van der Waals surface area contributed by atoms with Crippen LogP contribution in [0.5, 0.6) is 0 Å². The molecule has 32 heavy (non-hydrogen) atoms. The molecule has 0 spiro atoms. The molecule has 156 valence electrons. The maximum Gasteiger partial charge on any atom is 0.227 e. The van der Waals surface area contributed by atoms with E-state index in [2.05, 4.69) is 22.6 Å². The molecule has 1 atom stereocenters. The number of hydrogen-bond acceptors (Lipinski definition) is 6. The lowest BCUT2D eigenvalue weighted by Gasteiger charge is -2.28. The van der Waals surface area contributed by atoms with Crippen molar-refractivity contribution < 1.29 is 9.15 Å². The Morgan fingerprint density at radius 3 is 2.66 bits per heavy atom. The number of fused-ring (bicyclic) bond motifs is 1. The van der Waals surface area contributed by atoms with Gasteiger partial charge in [-0.1, -0.05) is 30.8 Å². The Labute approximate surface area is 184 Å². The second kappa shape index (κ2) is 7.60. The van der Waals surface area contributed by atoms with Gasteiger partial charge in [-0.3, -0.25) is 0 Å². The van der Waals surface area contributed by atoms with E-state index >= 15 is 0 Å². The first kappa shape index (κ1) is 19.4. The molecule has 7 nitrogen and oxygen atoms in total. The van der Waals surface area contributed by atoms with Crippen molar-refractivity contribution in [2.75, 3.05) is 0 Å². The summed E-state index contributed by atoms with van der Waals surface area (Å²) in [5.41, 5.74) is 10.9. The number of nitrogens with zero attached hydrogens (tertiary/aromatic N) is 4. The van der Waals surface area contributed by atoms with Crippen LogP contribution < -0.4 is 5.73 Å². The van der Waals surface area contributed by atoms with Gasteiger partial charge in [-0.05, 0) is 36.8 Å². The molecule has 4 aromatic rings.